The van der Waals surface area contributed by atoms with E-state index in [9.17, 15) is 4.39 Å². The standard InChI is InChI=1S/C16H9BrFNO2/c17-8-10-5-6-14(12(18)7-10)21-16-11-3-1-2-4-13(11)20-15(16)9-19/h1-7H,8H2. The minimum Gasteiger partial charge on any atom is -0.449 e. The monoisotopic (exact) mass is 345 g/mol. The molecule has 0 saturated carbocycles. The SMILES string of the molecule is N#Cc1oc2ccccc2c1Oc1ccc(CBr)cc1F. The smallest absolute Gasteiger partial charge is 0.247 e. The molecule has 1 heterocycles. The van der Waals surface area contributed by atoms with Gasteiger partial charge in [-0.1, -0.05) is 34.1 Å². The van der Waals surface area contributed by atoms with Gasteiger partial charge >= 0.3 is 0 Å². The molecule has 0 spiro atoms. The molecule has 3 aromatic rings. The molecule has 0 aliphatic rings. The number of furan rings is 1. The number of hydrogen-bond donors (Lipinski definition) is 0. The zero-order valence-corrected chi connectivity index (χ0v) is 12.4. The average molecular weight is 346 g/mol. The molecule has 1 aromatic heterocycles. The van der Waals surface area contributed by atoms with E-state index >= 15 is 0 Å². The van der Waals surface area contributed by atoms with Crippen LogP contribution in [0.4, 0.5) is 4.39 Å². The van der Waals surface area contributed by atoms with Crippen molar-refractivity contribution >= 4 is 26.9 Å². The van der Waals surface area contributed by atoms with Gasteiger partial charge in [-0.15, -0.1) is 0 Å². The number of benzene rings is 2. The van der Waals surface area contributed by atoms with Gasteiger partial charge in [0, 0.05) is 5.33 Å². The summed E-state index contributed by atoms with van der Waals surface area (Å²) in [5.41, 5.74) is 1.33. The Balaban J connectivity index is 2.08. The molecule has 0 amide bonds. The maximum atomic E-state index is 14.0. The number of fused-ring (bicyclic) bond motifs is 1. The van der Waals surface area contributed by atoms with Crippen molar-refractivity contribution in [1.82, 2.24) is 0 Å². The summed E-state index contributed by atoms with van der Waals surface area (Å²) >= 11 is 3.27. The quantitative estimate of drug-likeness (QED) is 0.618. The molecule has 0 radical (unpaired) electrons. The fourth-order valence-electron chi connectivity index (χ4n) is 2.02. The van der Waals surface area contributed by atoms with Gasteiger partial charge in [-0.3, -0.25) is 0 Å². The van der Waals surface area contributed by atoms with Crippen LogP contribution in [0.1, 0.15) is 11.3 Å². The van der Waals surface area contributed by atoms with E-state index in [0.717, 1.165) is 5.56 Å². The van der Waals surface area contributed by atoms with E-state index in [1.807, 2.05) is 6.07 Å². The van der Waals surface area contributed by atoms with Crippen molar-refractivity contribution in [3.05, 3.63) is 59.6 Å². The Bertz CT molecular complexity index is 851. The first-order valence-electron chi connectivity index (χ1n) is 6.17. The van der Waals surface area contributed by atoms with Crippen molar-refractivity contribution in [3.8, 4) is 17.6 Å². The molecule has 3 nitrogen and oxygen atoms in total. The van der Waals surface area contributed by atoms with Crippen molar-refractivity contribution < 1.29 is 13.5 Å². The number of nitriles is 1. The Morgan fingerprint density at radius 2 is 2.05 bits per heavy atom. The van der Waals surface area contributed by atoms with Crippen molar-refractivity contribution in [2.45, 2.75) is 5.33 Å². The second-order valence-corrected chi connectivity index (χ2v) is 4.93. The van der Waals surface area contributed by atoms with E-state index in [1.54, 1.807) is 30.3 Å². The van der Waals surface area contributed by atoms with Gasteiger partial charge < -0.3 is 9.15 Å². The van der Waals surface area contributed by atoms with Gasteiger partial charge in [0.1, 0.15) is 11.7 Å². The Morgan fingerprint density at radius 1 is 1.24 bits per heavy atom. The van der Waals surface area contributed by atoms with Crippen LogP contribution >= 0.6 is 15.9 Å². The first-order valence-corrected chi connectivity index (χ1v) is 7.29. The predicted molar refractivity (Wildman–Crippen MR) is 80.0 cm³/mol. The zero-order valence-electron chi connectivity index (χ0n) is 10.8. The predicted octanol–water partition coefficient (Wildman–Crippen LogP) is 5.13. The zero-order chi connectivity index (χ0) is 14.8. The molecule has 0 aliphatic heterocycles. The largest absolute Gasteiger partial charge is 0.449 e. The number of rotatable bonds is 3. The Labute approximate surface area is 128 Å². The summed E-state index contributed by atoms with van der Waals surface area (Å²) in [5.74, 6) is -0.164. The van der Waals surface area contributed by atoms with Crippen LogP contribution in [-0.2, 0) is 5.33 Å². The third-order valence-electron chi connectivity index (χ3n) is 3.01. The van der Waals surface area contributed by atoms with Crippen LogP contribution in [0.3, 0.4) is 0 Å². The van der Waals surface area contributed by atoms with E-state index < -0.39 is 5.82 Å². The molecule has 0 atom stereocenters. The number of hydrogen-bond acceptors (Lipinski definition) is 3. The number of nitrogens with zero attached hydrogens (tertiary/aromatic N) is 1. The van der Waals surface area contributed by atoms with Crippen molar-refractivity contribution in [3.63, 3.8) is 0 Å². The highest BCUT2D eigenvalue weighted by molar-refractivity contribution is 9.08. The molecule has 0 fully saturated rings. The maximum absolute atomic E-state index is 14.0. The third-order valence-corrected chi connectivity index (χ3v) is 3.66. The molecule has 0 N–H and O–H groups in total. The van der Waals surface area contributed by atoms with Gasteiger partial charge in [-0.05, 0) is 29.8 Å². The fraction of sp³-hybridized carbons (Fsp3) is 0.0625. The summed E-state index contributed by atoms with van der Waals surface area (Å²) < 4.78 is 25.0. The fourth-order valence-corrected chi connectivity index (χ4v) is 2.37. The number of ether oxygens (including phenoxy) is 1. The minimum absolute atomic E-state index is 0.0279. The highest BCUT2D eigenvalue weighted by Crippen LogP contribution is 2.36. The van der Waals surface area contributed by atoms with Gasteiger partial charge in [0.2, 0.25) is 5.76 Å². The average Bonchev–Trinajstić information content (AvgIpc) is 2.87. The molecule has 0 bridgehead atoms. The van der Waals surface area contributed by atoms with E-state index in [4.69, 9.17) is 14.4 Å². The van der Waals surface area contributed by atoms with E-state index in [0.29, 0.717) is 16.3 Å². The van der Waals surface area contributed by atoms with Crippen LogP contribution in [0, 0.1) is 17.1 Å². The van der Waals surface area contributed by atoms with E-state index in [2.05, 4.69) is 15.9 Å². The van der Waals surface area contributed by atoms with Crippen LogP contribution in [-0.4, -0.2) is 0 Å². The normalized spacial score (nSPS) is 10.5. The Morgan fingerprint density at radius 3 is 2.76 bits per heavy atom. The van der Waals surface area contributed by atoms with Crippen LogP contribution in [0.2, 0.25) is 0 Å². The van der Waals surface area contributed by atoms with Crippen LogP contribution in [0.25, 0.3) is 11.0 Å². The molecule has 3 rings (SSSR count). The lowest BCUT2D eigenvalue weighted by Crippen LogP contribution is -1.91. The molecule has 21 heavy (non-hydrogen) atoms. The Hall–Kier alpha value is -2.32. The Kier molecular flexibility index (Phi) is 3.63. The summed E-state index contributed by atoms with van der Waals surface area (Å²) in [6, 6.07) is 13.7. The molecule has 104 valence electrons. The molecule has 0 aliphatic carbocycles. The molecule has 0 unspecified atom stereocenters. The first kappa shape index (κ1) is 13.7. The highest BCUT2D eigenvalue weighted by Gasteiger charge is 2.17. The van der Waals surface area contributed by atoms with Gasteiger partial charge in [0.15, 0.2) is 17.3 Å². The van der Waals surface area contributed by atoms with Crippen LogP contribution < -0.4 is 4.74 Å². The number of para-hydroxylation sites is 1. The maximum Gasteiger partial charge on any atom is 0.247 e. The summed E-state index contributed by atoms with van der Waals surface area (Å²) in [5, 5.41) is 10.3. The van der Waals surface area contributed by atoms with Gasteiger partial charge in [-0.25, -0.2) is 4.39 Å². The minimum atomic E-state index is -0.485. The lowest BCUT2D eigenvalue weighted by Gasteiger charge is -2.06. The van der Waals surface area contributed by atoms with Gasteiger partial charge in [0.25, 0.3) is 0 Å². The van der Waals surface area contributed by atoms with Crippen molar-refractivity contribution in [1.29, 1.82) is 5.26 Å². The van der Waals surface area contributed by atoms with E-state index in [-0.39, 0.29) is 17.3 Å². The van der Waals surface area contributed by atoms with Crippen molar-refractivity contribution in [2.75, 3.05) is 0 Å². The topological polar surface area (TPSA) is 46.2 Å². The molecular weight excluding hydrogens is 337 g/mol. The van der Waals surface area contributed by atoms with E-state index in [1.165, 1.54) is 12.1 Å². The highest BCUT2D eigenvalue weighted by atomic mass is 79.9. The lowest BCUT2D eigenvalue weighted by atomic mass is 10.2. The lowest BCUT2D eigenvalue weighted by molar-refractivity contribution is 0.433. The third kappa shape index (κ3) is 2.50. The van der Waals surface area contributed by atoms with Crippen LogP contribution in [0.15, 0.2) is 46.9 Å². The summed E-state index contributed by atoms with van der Waals surface area (Å²) in [7, 11) is 0. The molecule has 0 saturated heterocycles. The van der Waals surface area contributed by atoms with Gasteiger partial charge in [-0.2, -0.15) is 5.26 Å². The van der Waals surface area contributed by atoms with Crippen LogP contribution in [0.5, 0.6) is 11.5 Å². The van der Waals surface area contributed by atoms with Crippen molar-refractivity contribution in [2.24, 2.45) is 0 Å². The molecule has 2 aromatic carbocycles. The molecular formula is C16H9BrFNO2. The second kappa shape index (κ2) is 5.58. The summed E-state index contributed by atoms with van der Waals surface area (Å²) in [4.78, 5) is 0. The molecule has 5 heteroatoms. The summed E-state index contributed by atoms with van der Waals surface area (Å²) in [6.45, 7) is 0. The first-order chi connectivity index (χ1) is 10.2. The summed E-state index contributed by atoms with van der Waals surface area (Å²) in [6.07, 6.45) is 0. The van der Waals surface area contributed by atoms with Gasteiger partial charge in [0.05, 0.1) is 5.39 Å². The number of alkyl halides is 1. The number of halogens is 2. The second-order valence-electron chi connectivity index (χ2n) is 4.37.